The molecule has 10 heteroatoms. The normalized spacial score (nSPS) is 10.5. The number of amides is 2. The highest BCUT2D eigenvalue weighted by molar-refractivity contribution is 7.18. The first kappa shape index (κ1) is 23.5. The Hall–Kier alpha value is -3.17. The van der Waals surface area contributed by atoms with E-state index >= 15 is 0 Å². The Morgan fingerprint density at radius 3 is 2.09 bits per heavy atom. The van der Waals surface area contributed by atoms with Crippen LogP contribution in [0.4, 0.5) is 11.6 Å². The molecule has 2 aromatic heterocycles. The lowest BCUT2D eigenvalue weighted by Crippen LogP contribution is -2.28. The molecular weight excluding hydrogens is 448 g/mol. The Bertz CT molecular complexity index is 1070. The van der Waals surface area contributed by atoms with Crippen molar-refractivity contribution in [1.82, 2.24) is 20.6 Å². The first-order chi connectivity index (χ1) is 15.4. The number of aromatic nitrogens is 2. The fourth-order valence-electron chi connectivity index (χ4n) is 2.88. The molecule has 0 aliphatic heterocycles. The number of hydrogen-bond donors (Lipinski definition) is 4. The summed E-state index contributed by atoms with van der Waals surface area (Å²) in [6.07, 6.45) is 0. The molecule has 0 fully saturated rings. The molecule has 0 bridgehead atoms. The highest BCUT2D eigenvalue weighted by Gasteiger charge is 2.13. The summed E-state index contributed by atoms with van der Waals surface area (Å²) in [5.74, 6) is 1.70. The second-order valence-electron chi connectivity index (χ2n) is 6.93. The molecule has 8 nitrogen and oxygen atoms in total. The smallest absolute Gasteiger partial charge is 0.261 e. The Morgan fingerprint density at radius 1 is 0.906 bits per heavy atom. The highest BCUT2D eigenvalue weighted by Crippen LogP contribution is 2.25. The lowest BCUT2D eigenvalue weighted by atomic mass is 10.2. The molecule has 0 aliphatic rings. The van der Waals surface area contributed by atoms with Crippen molar-refractivity contribution < 1.29 is 9.59 Å². The van der Waals surface area contributed by atoms with Crippen LogP contribution in [0.1, 0.15) is 22.2 Å². The zero-order valence-corrected chi connectivity index (χ0v) is 19.4. The van der Waals surface area contributed by atoms with Crippen LogP contribution >= 0.6 is 22.9 Å². The van der Waals surface area contributed by atoms with Crippen LogP contribution in [0, 0.1) is 6.92 Å². The van der Waals surface area contributed by atoms with Crippen LogP contribution in [0.15, 0.2) is 42.5 Å². The van der Waals surface area contributed by atoms with E-state index in [1.54, 1.807) is 12.1 Å². The van der Waals surface area contributed by atoms with Crippen LogP contribution in [0.5, 0.6) is 0 Å². The number of anilines is 2. The maximum absolute atomic E-state index is 12.2. The number of halogens is 1. The standard InChI is InChI=1S/C22H25ClN6O2S/c1-14-19(25-11-10-24-15(2)30)28-21(16-6-4-3-5-7-16)29-20(14)26-12-13-27-22(31)17-8-9-18(23)32-17/h3-9H,10-13H2,1-2H3,(H,24,30)(H,27,31)(H2,25,26,28,29). The topological polar surface area (TPSA) is 108 Å². The van der Waals surface area contributed by atoms with Crippen LogP contribution in [0.25, 0.3) is 11.4 Å². The van der Waals surface area contributed by atoms with Crippen molar-refractivity contribution in [3.05, 3.63) is 57.2 Å². The van der Waals surface area contributed by atoms with Gasteiger partial charge >= 0.3 is 0 Å². The molecule has 32 heavy (non-hydrogen) atoms. The quantitative estimate of drug-likeness (QED) is 0.336. The number of hydrogen-bond acceptors (Lipinski definition) is 7. The van der Waals surface area contributed by atoms with Crippen molar-refractivity contribution in [2.75, 3.05) is 36.8 Å². The van der Waals surface area contributed by atoms with Gasteiger partial charge in [0.2, 0.25) is 5.91 Å². The van der Waals surface area contributed by atoms with E-state index in [2.05, 4.69) is 31.2 Å². The van der Waals surface area contributed by atoms with E-state index in [0.29, 0.717) is 52.9 Å². The molecule has 0 aliphatic carbocycles. The fraction of sp³-hybridized carbons (Fsp3) is 0.273. The zero-order chi connectivity index (χ0) is 22.9. The lowest BCUT2D eigenvalue weighted by Gasteiger charge is -2.16. The van der Waals surface area contributed by atoms with Gasteiger partial charge in [-0.1, -0.05) is 41.9 Å². The van der Waals surface area contributed by atoms with Gasteiger partial charge in [0.25, 0.3) is 5.91 Å². The molecule has 0 saturated heterocycles. The minimum Gasteiger partial charge on any atom is -0.368 e. The van der Waals surface area contributed by atoms with Crippen molar-refractivity contribution in [3.8, 4) is 11.4 Å². The molecule has 0 spiro atoms. The number of carbonyl (C=O) groups is 2. The summed E-state index contributed by atoms with van der Waals surface area (Å²) in [5.41, 5.74) is 1.74. The second kappa shape index (κ2) is 11.4. The molecule has 0 unspecified atom stereocenters. The summed E-state index contributed by atoms with van der Waals surface area (Å²) in [7, 11) is 0. The Kier molecular flexibility index (Phi) is 8.41. The number of carbonyl (C=O) groups excluding carboxylic acids is 2. The van der Waals surface area contributed by atoms with Gasteiger partial charge in [-0.25, -0.2) is 9.97 Å². The number of benzene rings is 1. The van der Waals surface area contributed by atoms with Gasteiger partial charge in [-0.3, -0.25) is 9.59 Å². The summed E-state index contributed by atoms with van der Waals surface area (Å²) < 4.78 is 0.580. The van der Waals surface area contributed by atoms with E-state index in [9.17, 15) is 9.59 Å². The van der Waals surface area contributed by atoms with Gasteiger partial charge in [0.15, 0.2) is 5.82 Å². The predicted octanol–water partition coefficient (Wildman–Crippen LogP) is 3.56. The second-order valence-corrected chi connectivity index (χ2v) is 8.65. The Morgan fingerprint density at radius 2 is 1.53 bits per heavy atom. The molecule has 4 N–H and O–H groups in total. The third kappa shape index (κ3) is 6.66. The van der Waals surface area contributed by atoms with Crippen molar-refractivity contribution in [2.45, 2.75) is 13.8 Å². The maximum Gasteiger partial charge on any atom is 0.261 e. The summed E-state index contributed by atoms with van der Waals surface area (Å²) in [6.45, 7) is 5.33. The van der Waals surface area contributed by atoms with E-state index in [1.165, 1.54) is 18.3 Å². The third-order valence-electron chi connectivity index (χ3n) is 4.47. The molecular formula is C22H25ClN6O2S. The molecule has 0 radical (unpaired) electrons. The van der Waals surface area contributed by atoms with Crippen molar-refractivity contribution >= 4 is 46.4 Å². The van der Waals surface area contributed by atoms with E-state index in [1.807, 2.05) is 37.3 Å². The van der Waals surface area contributed by atoms with Gasteiger partial charge in [0.05, 0.1) is 9.21 Å². The first-order valence-electron chi connectivity index (χ1n) is 10.1. The molecule has 1 aromatic carbocycles. The van der Waals surface area contributed by atoms with Gasteiger partial charge in [-0.15, -0.1) is 11.3 Å². The monoisotopic (exact) mass is 472 g/mol. The number of nitrogens with one attached hydrogen (secondary N) is 4. The minimum absolute atomic E-state index is 0.0783. The number of thiophene rings is 1. The van der Waals surface area contributed by atoms with E-state index < -0.39 is 0 Å². The van der Waals surface area contributed by atoms with Crippen molar-refractivity contribution in [3.63, 3.8) is 0 Å². The molecule has 3 rings (SSSR count). The fourth-order valence-corrected chi connectivity index (χ4v) is 3.84. The van der Waals surface area contributed by atoms with Crippen LogP contribution in [0.3, 0.4) is 0 Å². The number of rotatable bonds is 10. The number of nitrogens with zero attached hydrogens (tertiary/aromatic N) is 2. The SMILES string of the molecule is CC(=O)NCCNc1nc(-c2ccccc2)nc(NCCNC(=O)c2ccc(Cl)s2)c1C. The average Bonchev–Trinajstić information content (AvgIpc) is 3.22. The summed E-state index contributed by atoms with van der Waals surface area (Å²) in [4.78, 5) is 33.2. The predicted molar refractivity (Wildman–Crippen MR) is 130 cm³/mol. The van der Waals surface area contributed by atoms with Crippen LogP contribution < -0.4 is 21.3 Å². The first-order valence-corrected chi connectivity index (χ1v) is 11.3. The zero-order valence-electron chi connectivity index (χ0n) is 17.9. The lowest BCUT2D eigenvalue weighted by molar-refractivity contribution is -0.118. The van der Waals surface area contributed by atoms with E-state index in [-0.39, 0.29) is 11.8 Å². The molecule has 168 valence electrons. The van der Waals surface area contributed by atoms with Gasteiger partial charge in [0, 0.05) is 44.2 Å². The maximum atomic E-state index is 12.2. The summed E-state index contributed by atoms with van der Waals surface area (Å²) in [5, 5.41) is 12.2. The third-order valence-corrected chi connectivity index (χ3v) is 5.70. The van der Waals surface area contributed by atoms with Gasteiger partial charge in [0.1, 0.15) is 11.6 Å². The largest absolute Gasteiger partial charge is 0.368 e. The Labute approximate surface area is 195 Å². The highest BCUT2D eigenvalue weighted by atomic mass is 35.5. The van der Waals surface area contributed by atoms with Crippen molar-refractivity contribution in [2.24, 2.45) is 0 Å². The van der Waals surface area contributed by atoms with E-state index in [0.717, 1.165) is 11.1 Å². The van der Waals surface area contributed by atoms with Gasteiger partial charge in [-0.2, -0.15) is 0 Å². The minimum atomic E-state index is -0.159. The molecule has 0 saturated carbocycles. The molecule has 0 atom stereocenters. The summed E-state index contributed by atoms with van der Waals surface area (Å²) in [6, 6.07) is 13.1. The Balaban J connectivity index is 1.68. The van der Waals surface area contributed by atoms with E-state index in [4.69, 9.17) is 11.6 Å². The molecule has 2 amide bonds. The van der Waals surface area contributed by atoms with Crippen molar-refractivity contribution in [1.29, 1.82) is 0 Å². The molecule has 2 heterocycles. The van der Waals surface area contributed by atoms with Crippen LogP contribution in [0.2, 0.25) is 4.34 Å². The average molecular weight is 473 g/mol. The molecule has 3 aromatic rings. The van der Waals surface area contributed by atoms with Crippen LogP contribution in [-0.2, 0) is 4.79 Å². The van der Waals surface area contributed by atoms with Gasteiger partial charge in [-0.05, 0) is 19.1 Å². The summed E-state index contributed by atoms with van der Waals surface area (Å²) >= 11 is 7.13. The van der Waals surface area contributed by atoms with Gasteiger partial charge < -0.3 is 21.3 Å². The van der Waals surface area contributed by atoms with Crippen LogP contribution in [-0.4, -0.2) is 48.0 Å².